The number of sulfone groups is 1. The van der Waals surface area contributed by atoms with Gasteiger partial charge in [0.25, 0.3) is 5.91 Å². The molecule has 0 aliphatic heterocycles. The van der Waals surface area contributed by atoms with E-state index in [0.717, 1.165) is 6.26 Å². The number of H-pyrrole nitrogens is 1. The molecule has 2 N–H and O–H groups in total. The third-order valence-electron chi connectivity index (χ3n) is 2.25. The maximum atomic E-state index is 11.6. The molecular formula is C11H11N3O3S. The third-order valence-corrected chi connectivity index (χ3v) is 3.38. The van der Waals surface area contributed by atoms with Gasteiger partial charge in [0.15, 0.2) is 15.7 Å². The molecule has 0 saturated heterocycles. The highest BCUT2D eigenvalue weighted by atomic mass is 32.2. The zero-order valence-corrected chi connectivity index (χ0v) is 10.4. The summed E-state index contributed by atoms with van der Waals surface area (Å²) >= 11 is 0. The summed E-state index contributed by atoms with van der Waals surface area (Å²) in [6.45, 7) is 0. The van der Waals surface area contributed by atoms with Crippen LogP contribution >= 0.6 is 0 Å². The van der Waals surface area contributed by atoms with Gasteiger partial charge in [0.1, 0.15) is 0 Å². The highest BCUT2D eigenvalue weighted by Crippen LogP contribution is 2.14. The van der Waals surface area contributed by atoms with Crippen LogP contribution in [0.5, 0.6) is 0 Å². The van der Waals surface area contributed by atoms with Crippen LogP contribution in [0.1, 0.15) is 10.6 Å². The fourth-order valence-corrected chi connectivity index (χ4v) is 2.00. The van der Waals surface area contributed by atoms with E-state index in [4.69, 9.17) is 0 Å². The van der Waals surface area contributed by atoms with Crippen molar-refractivity contribution in [2.75, 3.05) is 11.6 Å². The van der Waals surface area contributed by atoms with Gasteiger partial charge in [-0.15, -0.1) is 0 Å². The van der Waals surface area contributed by atoms with Gasteiger partial charge in [-0.3, -0.25) is 4.79 Å². The van der Waals surface area contributed by atoms with Crippen LogP contribution in [-0.2, 0) is 9.84 Å². The lowest BCUT2D eigenvalue weighted by Crippen LogP contribution is -2.13. The molecule has 0 unspecified atom stereocenters. The summed E-state index contributed by atoms with van der Waals surface area (Å²) in [5.74, 6) is -0.186. The summed E-state index contributed by atoms with van der Waals surface area (Å²) in [4.78, 5) is 18.3. The van der Waals surface area contributed by atoms with Crippen molar-refractivity contribution >= 4 is 21.4 Å². The molecule has 0 atom stereocenters. The fraction of sp³-hybridized carbons (Fsp3) is 0.0909. The van der Waals surface area contributed by atoms with Crippen molar-refractivity contribution in [2.24, 2.45) is 0 Å². The molecule has 0 radical (unpaired) electrons. The van der Waals surface area contributed by atoms with Crippen LogP contribution in [0, 0.1) is 0 Å². The predicted octanol–water partition coefficient (Wildman–Crippen LogP) is 1.07. The zero-order chi connectivity index (χ0) is 13.2. The molecule has 2 rings (SSSR count). The van der Waals surface area contributed by atoms with Crippen molar-refractivity contribution in [3.05, 3.63) is 42.5 Å². The van der Waals surface area contributed by atoms with Gasteiger partial charge in [0.2, 0.25) is 0 Å². The van der Waals surface area contributed by atoms with Crippen molar-refractivity contribution in [1.29, 1.82) is 0 Å². The van der Waals surface area contributed by atoms with Crippen molar-refractivity contribution in [3.8, 4) is 0 Å². The van der Waals surface area contributed by atoms with E-state index in [1.165, 1.54) is 30.5 Å². The molecule has 1 amide bonds. The highest BCUT2D eigenvalue weighted by Gasteiger charge is 2.09. The molecule has 0 fully saturated rings. The number of aromatic amines is 1. The van der Waals surface area contributed by atoms with Gasteiger partial charge in [-0.1, -0.05) is 0 Å². The van der Waals surface area contributed by atoms with Gasteiger partial charge in [0, 0.05) is 24.3 Å². The van der Waals surface area contributed by atoms with E-state index in [9.17, 15) is 13.2 Å². The van der Waals surface area contributed by atoms with Gasteiger partial charge < -0.3 is 10.3 Å². The first-order valence-electron chi connectivity index (χ1n) is 5.08. The number of anilines is 1. The van der Waals surface area contributed by atoms with E-state index in [1.807, 2.05) is 0 Å². The van der Waals surface area contributed by atoms with E-state index >= 15 is 0 Å². The molecule has 0 saturated carbocycles. The number of rotatable bonds is 3. The number of amides is 1. The number of nitrogens with one attached hydrogen (secondary N) is 2. The van der Waals surface area contributed by atoms with Crippen LogP contribution in [0.25, 0.3) is 0 Å². The van der Waals surface area contributed by atoms with Crippen molar-refractivity contribution < 1.29 is 13.2 Å². The van der Waals surface area contributed by atoms with E-state index in [-0.39, 0.29) is 16.6 Å². The molecule has 0 spiro atoms. The largest absolute Gasteiger partial charge is 0.341 e. The van der Waals surface area contributed by atoms with E-state index in [1.54, 1.807) is 6.20 Å². The van der Waals surface area contributed by atoms with Crippen molar-refractivity contribution in [1.82, 2.24) is 9.97 Å². The molecule has 1 aromatic heterocycles. The van der Waals surface area contributed by atoms with Gasteiger partial charge in [-0.05, 0) is 24.3 Å². The Kier molecular flexibility index (Phi) is 3.15. The first-order valence-corrected chi connectivity index (χ1v) is 6.97. The summed E-state index contributed by atoms with van der Waals surface area (Å²) < 4.78 is 22.5. The van der Waals surface area contributed by atoms with Gasteiger partial charge in [-0.25, -0.2) is 13.4 Å². The Labute approximate surface area is 104 Å². The lowest BCUT2D eigenvalue weighted by Gasteiger charge is -2.04. The number of aromatic nitrogens is 2. The first kappa shape index (κ1) is 12.3. The predicted molar refractivity (Wildman–Crippen MR) is 66.1 cm³/mol. The van der Waals surface area contributed by atoms with Crippen LogP contribution in [-0.4, -0.2) is 30.5 Å². The van der Waals surface area contributed by atoms with Crippen molar-refractivity contribution in [2.45, 2.75) is 4.90 Å². The molecule has 0 aliphatic rings. The minimum Gasteiger partial charge on any atom is -0.341 e. The Hall–Kier alpha value is -2.15. The van der Waals surface area contributed by atoms with Crippen LogP contribution in [0.2, 0.25) is 0 Å². The third kappa shape index (κ3) is 2.75. The number of imidazole rings is 1. The smallest absolute Gasteiger partial charge is 0.291 e. The van der Waals surface area contributed by atoms with Crippen LogP contribution in [0.4, 0.5) is 5.69 Å². The minimum absolute atomic E-state index is 0.196. The van der Waals surface area contributed by atoms with Gasteiger partial charge in [0.05, 0.1) is 4.90 Å². The Morgan fingerprint density at radius 3 is 2.44 bits per heavy atom. The van der Waals surface area contributed by atoms with Crippen LogP contribution in [0.3, 0.4) is 0 Å². The van der Waals surface area contributed by atoms with Gasteiger partial charge >= 0.3 is 0 Å². The normalized spacial score (nSPS) is 11.2. The average Bonchev–Trinajstić information content (AvgIpc) is 2.82. The standard InChI is InChI=1S/C11H11N3O3S/c1-18(16,17)9-4-2-8(3-5-9)14-11(15)10-12-6-7-13-10/h2-7H,1H3,(H,12,13)(H,14,15). The Balaban J connectivity index is 2.14. The molecular weight excluding hydrogens is 254 g/mol. The van der Waals surface area contributed by atoms with E-state index < -0.39 is 9.84 Å². The number of carbonyl (C=O) groups is 1. The molecule has 0 aliphatic carbocycles. The molecule has 1 aromatic carbocycles. The number of nitrogens with zero attached hydrogens (tertiary/aromatic N) is 1. The van der Waals surface area contributed by atoms with E-state index in [2.05, 4.69) is 15.3 Å². The summed E-state index contributed by atoms with van der Waals surface area (Å²) in [6.07, 6.45) is 4.15. The Morgan fingerprint density at radius 2 is 1.94 bits per heavy atom. The maximum Gasteiger partial charge on any atom is 0.291 e. The highest BCUT2D eigenvalue weighted by molar-refractivity contribution is 7.90. The van der Waals surface area contributed by atoms with Gasteiger partial charge in [-0.2, -0.15) is 0 Å². The molecule has 94 valence electrons. The molecule has 18 heavy (non-hydrogen) atoms. The number of hydrogen-bond acceptors (Lipinski definition) is 4. The summed E-state index contributed by atoms with van der Waals surface area (Å²) in [6, 6.07) is 5.93. The number of hydrogen-bond donors (Lipinski definition) is 2. The van der Waals surface area contributed by atoms with E-state index in [0.29, 0.717) is 5.69 Å². The summed E-state index contributed by atoms with van der Waals surface area (Å²) in [7, 11) is -3.22. The monoisotopic (exact) mass is 265 g/mol. The van der Waals surface area contributed by atoms with Crippen LogP contribution < -0.4 is 5.32 Å². The van der Waals surface area contributed by atoms with Crippen LogP contribution in [0.15, 0.2) is 41.6 Å². The zero-order valence-electron chi connectivity index (χ0n) is 9.54. The lowest BCUT2D eigenvalue weighted by molar-refractivity contribution is 0.101. The fourth-order valence-electron chi connectivity index (χ4n) is 1.37. The Bertz CT molecular complexity index is 645. The molecule has 1 heterocycles. The van der Waals surface area contributed by atoms with Crippen molar-refractivity contribution in [3.63, 3.8) is 0 Å². The summed E-state index contributed by atoms with van der Waals surface area (Å²) in [5, 5.41) is 2.60. The second-order valence-electron chi connectivity index (χ2n) is 3.69. The first-order chi connectivity index (χ1) is 8.47. The number of benzene rings is 1. The minimum atomic E-state index is -3.22. The number of carbonyl (C=O) groups excluding carboxylic acids is 1. The maximum absolute atomic E-state index is 11.6. The SMILES string of the molecule is CS(=O)(=O)c1ccc(NC(=O)c2ncc[nH]2)cc1. The molecule has 2 aromatic rings. The topological polar surface area (TPSA) is 91.9 Å². The molecule has 6 nitrogen and oxygen atoms in total. The molecule has 7 heteroatoms. The lowest BCUT2D eigenvalue weighted by atomic mass is 10.3. The molecule has 0 bridgehead atoms. The summed E-state index contributed by atoms with van der Waals surface area (Å²) in [5.41, 5.74) is 0.504. The Morgan fingerprint density at radius 1 is 1.28 bits per heavy atom. The second-order valence-corrected chi connectivity index (χ2v) is 5.70. The quantitative estimate of drug-likeness (QED) is 0.868. The average molecular weight is 265 g/mol. The second kappa shape index (κ2) is 4.61.